The fourth-order valence-corrected chi connectivity index (χ4v) is 1.61. The van der Waals surface area contributed by atoms with E-state index in [1.165, 1.54) is 0 Å². The first-order chi connectivity index (χ1) is 7.37. The van der Waals surface area contributed by atoms with Gasteiger partial charge in [-0.3, -0.25) is 0 Å². The zero-order valence-electron chi connectivity index (χ0n) is 10.4. The summed E-state index contributed by atoms with van der Waals surface area (Å²) in [6, 6.07) is 0. The molecule has 1 unspecified atom stereocenters. The molecule has 0 saturated carbocycles. The summed E-state index contributed by atoms with van der Waals surface area (Å²) in [6.45, 7) is 15.5. The lowest BCUT2D eigenvalue weighted by Crippen LogP contribution is -2.35. The van der Waals surface area contributed by atoms with Crippen LogP contribution in [-0.4, -0.2) is 19.0 Å². The summed E-state index contributed by atoms with van der Waals surface area (Å²) < 4.78 is 12.0. The summed E-state index contributed by atoms with van der Waals surface area (Å²) in [4.78, 5) is 0. The Morgan fingerprint density at radius 3 is 2.38 bits per heavy atom. The van der Waals surface area contributed by atoms with Gasteiger partial charge in [0, 0.05) is 10.7 Å². The number of hydrogen-bond donors (Lipinski definition) is 0. The summed E-state index contributed by atoms with van der Waals surface area (Å²) in [7, 11) is 1.61. The highest BCUT2D eigenvalue weighted by Crippen LogP contribution is 2.30. The lowest BCUT2D eigenvalue weighted by atomic mass is 9.92. The fourth-order valence-electron chi connectivity index (χ4n) is 1.23. The zero-order valence-corrected chi connectivity index (χ0v) is 12.5. The van der Waals surface area contributed by atoms with Crippen molar-refractivity contribution in [3.8, 4) is 0 Å². The number of hydrogen-bond acceptors (Lipinski definition) is 2. The molecule has 0 aromatic carbocycles. The molecule has 0 bridgehead atoms. The van der Waals surface area contributed by atoms with Crippen LogP contribution in [0.2, 0.25) is 0 Å². The summed E-state index contributed by atoms with van der Waals surface area (Å²) in [5, 5.41) is 0. The van der Waals surface area contributed by atoms with Gasteiger partial charge in [-0.2, -0.15) is 0 Å². The van der Waals surface area contributed by atoms with Gasteiger partial charge < -0.3 is 9.47 Å². The maximum Gasteiger partial charge on any atom is 0.189 e. The molecule has 0 amide bonds. The van der Waals surface area contributed by atoms with E-state index >= 15 is 0 Å². The van der Waals surface area contributed by atoms with Crippen LogP contribution in [0.5, 0.6) is 0 Å². The standard InChI is InChI=1S/C13H21IO2/c1-7-8-9-13(5,10(2)3)16-12(15-6)11(4)14/h7,12H,1-2,4,8-9H2,3,5-6H3/t12?,13-/m1/s1. The van der Waals surface area contributed by atoms with Gasteiger partial charge in [0.15, 0.2) is 6.29 Å². The van der Waals surface area contributed by atoms with Gasteiger partial charge in [0.05, 0.1) is 5.60 Å². The first kappa shape index (κ1) is 15.9. The third-order valence-corrected chi connectivity index (χ3v) is 3.07. The summed E-state index contributed by atoms with van der Waals surface area (Å²) >= 11 is 2.11. The second-order valence-electron chi connectivity index (χ2n) is 3.97. The van der Waals surface area contributed by atoms with E-state index in [9.17, 15) is 0 Å². The number of ether oxygens (including phenoxy) is 2. The second kappa shape index (κ2) is 7.25. The molecule has 0 aliphatic carbocycles. The molecule has 2 atom stereocenters. The molecule has 0 rings (SSSR count). The molecule has 2 nitrogen and oxygen atoms in total. The van der Waals surface area contributed by atoms with Crippen LogP contribution in [0.25, 0.3) is 0 Å². The van der Waals surface area contributed by atoms with Gasteiger partial charge in [0.2, 0.25) is 0 Å². The quantitative estimate of drug-likeness (QED) is 0.375. The van der Waals surface area contributed by atoms with Gasteiger partial charge in [-0.25, -0.2) is 0 Å². The van der Waals surface area contributed by atoms with Crippen molar-refractivity contribution in [3.63, 3.8) is 0 Å². The third-order valence-electron chi connectivity index (χ3n) is 2.57. The molecule has 0 aliphatic rings. The topological polar surface area (TPSA) is 18.5 Å². The normalized spacial score (nSPS) is 16.2. The van der Waals surface area contributed by atoms with Gasteiger partial charge in [-0.1, -0.05) is 19.2 Å². The Bertz CT molecular complexity index is 273. The van der Waals surface area contributed by atoms with Crippen LogP contribution in [-0.2, 0) is 9.47 Å². The number of halogens is 1. The van der Waals surface area contributed by atoms with E-state index in [2.05, 4.69) is 42.3 Å². The Morgan fingerprint density at radius 2 is 2.06 bits per heavy atom. The molecule has 3 heteroatoms. The van der Waals surface area contributed by atoms with Crippen molar-refractivity contribution in [1.29, 1.82) is 0 Å². The lowest BCUT2D eigenvalue weighted by Gasteiger charge is -2.33. The number of allylic oxidation sites excluding steroid dienone is 1. The Labute approximate surface area is 113 Å². The van der Waals surface area contributed by atoms with Gasteiger partial charge >= 0.3 is 0 Å². The molecule has 0 aromatic rings. The van der Waals surface area contributed by atoms with Crippen molar-refractivity contribution in [2.24, 2.45) is 0 Å². The molecule has 0 radical (unpaired) electrons. The van der Waals surface area contributed by atoms with Crippen LogP contribution in [0.4, 0.5) is 0 Å². The van der Waals surface area contributed by atoms with Crippen molar-refractivity contribution in [3.05, 3.63) is 35.0 Å². The molecule has 0 heterocycles. The molecule has 0 aliphatic heterocycles. The Balaban J connectivity index is 4.71. The molecular formula is C13H21IO2. The predicted molar refractivity (Wildman–Crippen MR) is 77.7 cm³/mol. The Kier molecular flexibility index (Phi) is 7.19. The van der Waals surface area contributed by atoms with E-state index < -0.39 is 11.9 Å². The van der Waals surface area contributed by atoms with Crippen LogP contribution >= 0.6 is 22.6 Å². The van der Waals surface area contributed by atoms with Gasteiger partial charge in [0.25, 0.3) is 0 Å². The van der Waals surface area contributed by atoms with Crippen LogP contribution < -0.4 is 0 Å². The highest BCUT2D eigenvalue weighted by atomic mass is 127. The average Bonchev–Trinajstić information content (AvgIpc) is 2.22. The SMILES string of the molecule is C=CCC[C@@](C)(OC(OC)C(=C)I)C(=C)C. The molecule has 0 N–H and O–H groups in total. The highest BCUT2D eigenvalue weighted by Gasteiger charge is 2.29. The largest absolute Gasteiger partial charge is 0.351 e. The molecule has 16 heavy (non-hydrogen) atoms. The third kappa shape index (κ3) is 4.80. The van der Waals surface area contributed by atoms with Crippen LogP contribution in [0.15, 0.2) is 35.0 Å². The second-order valence-corrected chi connectivity index (χ2v) is 5.36. The van der Waals surface area contributed by atoms with Crippen molar-refractivity contribution >= 4 is 22.6 Å². The molecule has 92 valence electrons. The predicted octanol–water partition coefficient (Wildman–Crippen LogP) is 4.23. The summed E-state index contributed by atoms with van der Waals surface area (Å²) in [5.74, 6) is 0. The van der Waals surface area contributed by atoms with Crippen LogP contribution in [0.3, 0.4) is 0 Å². The van der Waals surface area contributed by atoms with E-state index in [0.717, 1.165) is 22.0 Å². The van der Waals surface area contributed by atoms with E-state index in [1.807, 2.05) is 19.9 Å². The minimum atomic E-state index is -0.400. The van der Waals surface area contributed by atoms with Crippen molar-refractivity contribution < 1.29 is 9.47 Å². The molecule has 0 aromatic heterocycles. The maximum absolute atomic E-state index is 5.94. The van der Waals surface area contributed by atoms with Gasteiger partial charge in [-0.05, 0) is 54.9 Å². The molecule has 0 saturated heterocycles. The zero-order chi connectivity index (χ0) is 12.8. The Hall–Kier alpha value is -0.130. The number of methoxy groups -OCH3 is 1. The van der Waals surface area contributed by atoms with E-state index in [4.69, 9.17) is 9.47 Å². The molecule has 0 spiro atoms. The average molecular weight is 336 g/mol. The first-order valence-corrected chi connectivity index (χ1v) is 6.27. The van der Waals surface area contributed by atoms with E-state index in [-0.39, 0.29) is 0 Å². The van der Waals surface area contributed by atoms with Crippen LogP contribution in [0, 0.1) is 0 Å². The first-order valence-electron chi connectivity index (χ1n) is 5.19. The van der Waals surface area contributed by atoms with Crippen molar-refractivity contribution in [1.82, 2.24) is 0 Å². The minimum Gasteiger partial charge on any atom is -0.351 e. The van der Waals surface area contributed by atoms with Gasteiger partial charge in [-0.15, -0.1) is 6.58 Å². The smallest absolute Gasteiger partial charge is 0.189 e. The monoisotopic (exact) mass is 336 g/mol. The molecular weight excluding hydrogens is 315 g/mol. The van der Waals surface area contributed by atoms with E-state index in [0.29, 0.717) is 0 Å². The maximum atomic E-state index is 5.94. The lowest BCUT2D eigenvalue weighted by molar-refractivity contribution is -0.157. The molecule has 0 fully saturated rings. The van der Waals surface area contributed by atoms with Gasteiger partial charge in [0.1, 0.15) is 0 Å². The number of rotatable bonds is 8. The Morgan fingerprint density at radius 1 is 1.50 bits per heavy atom. The van der Waals surface area contributed by atoms with Crippen LogP contribution in [0.1, 0.15) is 26.7 Å². The fraction of sp³-hybridized carbons (Fsp3) is 0.538. The van der Waals surface area contributed by atoms with E-state index in [1.54, 1.807) is 7.11 Å². The summed E-state index contributed by atoms with van der Waals surface area (Å²) in [5.41, 5.74) is 0.581. The summed E-state index contributed by atoms with van der Waals surface area (Å²) in [6.07, 6.45) is 3.21. The van der Waals surface area contributed by atoms with Crippen molar-refractivity contribution in [2.75, 3.05) is 7.11 Å². The minimum absolute atomic E-state index is 0.396. The highest BCUT2D eigenvalue weighted by molar-refractivity contribution is 14.1. The van der Waals surface area contributed by atoms with Crippen molar-refractivity contribution in [2.45, 2.75) is 38.6 Å².